The third-order valence-corrected chi connectivity index (χ3v) is 6.46. The molecule has 184 valence electrons. The predicted octanol–water partition coefficient (Wildman–Crippen LogP) is 2.01. The van der Waals surface area contributed by atoms with Gasteiger partial charge in [-0.15, -0.1) is 0 Å². The average molecular weight is 470 g/mol. The maximum Gasteiger partial charge on any atom is 0.222 e. The van der Waals surface area contributed by atoms with E-state index < -0.39 is 6.10 Å². The first-order valence-corrected chi connectivity index (χ1v) is 12.0. The Balaban J connectivity index is 1.42. The Kier molecular flexibility index (Phi) is 9.01. The fraction of sp³-hybridized carbons (Fsp3) is 0.538. The van der Waals surface area contributed by atoms with Gasteiger partial charge in [-0.3, -0.25) is 14.7 Å². The van der Waals surface area contributed by atoms with Crippen molar-refractivity contribution in [3.63, 3.8) is 0 Å². The number of methoxy groups -OCH3 is 1. The van der Waals surface area contributed by atoms with Gasteiger partial charge in [0.15, 0.2) is 0 Å². The van der Waals surface area contributed by atoms with Crippen LogP contribution in [0.15, 0.2) is 48.8 Å². The molecule has 3 heterocycles. The smallest absolute Gasteiger partial charge is 0.222 e. The number of nitrogens with one attached hydrogen (secondary N) is 1. The van der Waals surface area contributed by atoms with Crippen LogP contribution in [-0.2, 0) is 25.5 Å². The van der Waals surface area contributed by atoms with E-state index in [2.05, 4.69) is 39.5 Å². The highest BCUT2D eigenvalue weighted by Crippen LogP contribution is 2.29. The summed E-state index contributed by atoms with van der Waals surface area (Å²) in [4.78, 5) is 18.7. The standard InChI is InChI=1S/C26H35N3O5/c1-32-12-11-28-26(31)14-23-5-6-24-25(34-23)18-33-17-22(30)16-29(24)15-19-3-2-4-21(13-19)20-7-9-27-10-8-20/h2-4,7-10,13,22-25,30H,5-6,11-12,14-18H2,1H3,(H,28,31)/t22-,23+,24+,25-/m0/s1. The molecule has 1 aromatic carbocycles. The molecule has 2 saturated heterocycles. The number of carbonyl (C=O) groups excluding carboxylic acids is 1. The zero-order valence-electron chi connectivity index (χ0n) is 19.8. The SMILES string of the molecule is COCCNC(=O)C[C@H]1CC[C@@H]2[C@H](COC[C@@H](O)CN2Cc2cccc(-c3ccncc3)c2)O1. The third kappa shape index (κ3) is 6.84. The van der Waals surface area contributed by atoms with Gasteiger partial charge in [-0.05, 0) is 47.7 Å². The predicted molar refractivity (Wildman–Crippen MR) is 128 cm³/mol. The van der Waals surface area contributed by atoms with Crippen molar-refractivity contribution in [2.45, 2.75) is 50.2 Å². The van der Waals surface area contributed by atoms with Gasteiger partial charge in [0.25, 0.3) is 0 Å². The van der Waals surface area contributed by atoms with Crippen LogP contribution < -0.4 is 5.32 Å². The first-order valence-electron chi connectivity index (χ1n) is 12.0. The van der Waals surface area contributed by atoms with Crippen molar-refractivity contribution in [3.8, 4) is 11.1 Å². The van der Waals surface area contributed by atoms with Crippen LogP contribution in [0.1, 0.15) is 24.8 Å². The molecule has 2 aliphatic heterocycles. The average Bonchev–Trinajstić information content (AvgIpc) is 2.84. The minimum atomic E-state index is -0.548. The van der Waals surface area contributed by atoms with E-state index in [4.69, 9.17) is 14.2 Å². The van der Waals surface area contributed by atoms with E-state index >= 15 is 0 Å². The number of β-amino-alcohol motifs (C(OH)–C–C–N with tert-alkyl or cyclic N) is 1. The van der Waals surface area contributed by atoms with Crippen molar-refractivity contribution >= 4 is 5.91 Å². The van der Waals surface area contributed by atoms with Crippen LogP contribution >= 0.6 is 0 Å². The second kappa shape index (κ2) is 12.4. The fourth-order valence-corrected chi connectivity index (χ4v) is 4.83. The Morgan fingerprint density at radius 3 is 2.88 bits per heavy atom. The van der Waals surface area contributed by atoms with Gasteiger partial charge < -0.3 is 24.6 Å². The molecule has 8 nitrogen and oxygen atoms in total. The van der Waals surface area contributed by atoms with Gasteiger partial charge in [0.2, 0.25) is 5.91 Å². The van der Waals surface area contributed by atoms with Crippen LogP contribution in [0, 0.1) is 0 Å². The van der Waals surface area contributed by atoms with Gasteiger partial charge in [-0.1, -0.05) is 18.2 Å². The Morgan fingerprint density at radius 2 is 2.06 bits per heavy atom. The molecule has 34 heavy (non-hydrogen) atoms. The highest BCUT2D eigenvalue weighted by Gasteiger charge is 2.38. The number of benzene rings is 1. The van der Waals surface area contributed by atoms with Gasteiger partial charge >= 0.3 is 0 Å². The van der Waals surface area contributed by atoms with Crippen LogP contribution in [0.4, 0.5) is 0 Å². The number of pyridine rings is 1. The summed E-state index contributed by atoms with van der Waals surface area (Å²) in [5.41, 5.74) is 3.46. The number of aliphatic hydroxyl groups is 1. The number of ether oxygens (including phenoxy) is 3. The molecule has 2 fully saturated rings. The summed E-state index contributed by atoms with van der Waals surface area (Å²) in [5, 5.41) is 13.4. The van der Waals surface area contributed by atoms with Crippen LogP contribution in [0.25, 0.3) is 11.1 Å². The van der Waals surface area contributed by atoms with Crippen LogP contribution in [0.5, 0.6) is 0 Å². The molecule has 0 aliphatic carbocycles. The maximum atomic E-state index is 12.2. The molecule has 4 rings (SSSR count). The van der Waals surface area contributed by atoms with Crippen molar-refractivity contribution in [2.24, 2.45) is 0 Å². The molecule has 1 amide bonds. The third-order valence-electron chi connectivity index (χ3n) is 6.46. The van der Waals surface area contributed by atoms with Crippen LogP contribution in [-0.4, -0.2) is 85.3 Å². The molecule has 2 aliphatic rings. The van der Waals surface area contributed by atoms with E-state index in [9.17, 15) is 9.90 Å². The molecule has 0 bridgehead atoms. The first kappa shape index (κ1) is 24.8. The summed E-state index contributed by atoms with van der Waals surface area (Å²) in [5.74, 6) is -0.0209. The number of rotatable bonds is 8. The van der Waals surface area contributed by atoms with Crippen molar-refractivity contribution in [3.05, 3.63) is 54.4 Å². The minimum absolute atomic E-state index is 0.0209. The lowest BCUT2D eigenvalue weighted by atomic mass is 9.94. The zero-order chi connectivity index (χ0) is 23.8. The topological polar surface area (TPSA) is 93.2 Å². The number of nitrogens with zero attached hydrogens (tertiary/aromatic N) is 2. The molecule has 2 aromatic rings. The number of carbonyl (C=O) groups is 1. The molecule has 0 saturated carbocycles. The number of fused-ring (bicyclic) bond motifs is 1. The lowest BCUT2D eigenvalue weighted by Crippen LogP contribution is -2.55. The van der Waals surface area contributed by atoms with E-state index in [1.165, 1.54) is 5.56 Å². The quantitative estimate of drug-likeness (QED) is 0.572. The zero-order valence-corrected chi connectivity index (χ0v) is 19.8. The van der Waals surface area contributed by atoms with E-state index in [-0.39, 0.29) is 30.8 Å². The number of amides is 1. The monoisotopic (exact) mass is 469 g/mol. The van der Waals surface area contributed by atoms with Crippen molar-refractivity contribution in [1.82, 2.24) is 15.2 Å². The molecule has 2 N–H and O–H groups in total. The second-order valence-electron chi connectivity index (χ2n) is 9.05. The number of hydrogen-bond acceptors (Lipinski definition) is 7. The number of aromatic nitrogens is 1. The van der Waals surface area contributed by atoms with Gasteiger partial charge in [-0.25, -0.2) is 0 Å². The van der Waals surface area contributed by atoms with E-state index in [1.54, 1.807) is 19.5 Å². The van der Waals surface area contributed by atoms with Crippen molar-refractivity contribution in [2.75, 3.05) is 40.0 Å². The summed E-state index contributed by atoms with van der Waals surface area (Å²) < 4.78 is 17.1. The van der Waals surface area contributed by atoms with E-state index in [0.29, 0.717) is 39.3 Å². The molecular weight excluding hydrogens is 434 g/mol. The van der Waals surface area contributed by atoms with Crippen molar-refractivity contribution in [1.29, 1.82) is 0 Å². The Morgan fingerprint density at radius 1 is 1.21 bits per heavy atom. The van der Waals surface area contributed by atoms with Crippen molar-refractivity contribution < 1.29 is 24.1 Å². The van der Waals surface area contributed by atoms with Crippen LogP contribution in [0.2, 0.25) is 0 Å². The van der Waals surface area contributed by atoms with E-state index in [0.717, 1.165) is 24.0 Å². The molecule has 0 spiro atoms. The summed E-state index contributed by atoms with van der Waals surface area (Å²) in [7, 11) is 1.61. The molecular formula is C26H35N3O5. The second-order valence-corrected chi connectivity index (χ2v) is 9.05. The van der Waals surface area contributed by atoms with Gasteiger partial charge in [0.05, 0.1) is 44.6 Å². The van der Waals surface area contributed by atoms with Gasteiger partial charge in [0, 0.05) is 45.2 Å². The summed E-state index contributed by atoms with van der Waals surface area (Å²) in [6, 6.07) is 12.6. The summed E-state index contributed by atoms with van der Waals surface area (Å²) in [6.45, 7) is 2.92. The highest BCUT2D eigenvalue weighted by molar-refractivity contribution is 5.76. The lowest BCUT2D eigenvalue weighted by molar-refractivity contribution is -0.158. The summed E-state index contributed by atoms with van der Waals surface area (Å²) >= 11 is 0. The molecule has 8 heteroatoms. The summed E-state index contributed by atoms with van der Waals surface area (Å²) in [6.07, 6.45) is 4.81. The number of aliphatic hydroxyl groups excluding tert-OH is 1. The molecule has 0 unspecified atom stereocenters. The highest BCUT2D eigenvalue weighted by atomic mass is 16.5. The normalized spacial score (nSPS) is 25.7. The largest absolute Gasteiger partial charge is 0.389 e. The molecule has 1 aromatic heterocycles. The first-order chi connectivity index (χ1) is 16.6. The Hall–Kier alpha value is -2.36. The van der Waals surface area contributed by atoms with Gasteiger partial charge in [0.1, 0.15) is 0 Å². The fourth-order valence-electron chi connectivity index (χ4n) is 4.83. The lowest BCUT2D eigenvalue weighted by Gasteiger charge is -2.44. The molecule has 4 atom stereocenters. The Bertz CT molecular complexity index is 912. The number of hydrogen-bond donors (Lipinski definition) is 2. The maximum absolute atomic E-state index is 12.2. The van der Waals surface area contributed by atoms with Crippen LogP contribution in [0.3, 0.4) is 0 Å². The molecule has 0 radical (unpaired) electrons. The Labute approximate surface area is 201 Å². The minimum Gasteiger partial charge on any atom is -0.389 e. The van der Waals surface area contributed by atoms with E-state index in [1.807, 2.05) is 12.1 Å². The van der Waals surface area contributed by atoms with Gasteiger partial charge in [-0.2, -0.15) is 0 Å².